The second kappa shape index (κ2) is 19.4. The number of carbonyl (C=O) groups excluding carboxylic acids is 1. The topological polar surface area (TPSA) is 146 Å². The Bertz CT molecular complexity index is 503. The van der Waals surface area contributed by atoms with Gasteiger partial charge in [0, 0.05) is 6.42 Å². The molecule has 0 radical (unpaired) electrons. The highest BCUT2D eigenvalue weighted by Crippen LogP contribution is 2.22. The van der Waals surface area contributed by atoms with Gasteiger partial charge in [-0.3, -0.25) is 4.79 Å². The summed E-state index contributed by atoms with van der Waals surface area (Å²) in [5, 5.41) is 48.4. The molecule has 0 bridgehead atoms. The number of aliphatic hydroxyl groups excluding tert-OH is 5. The predicted octanol–water partition coefficient (Wildman–Crippen LogP) is 2.19. The van der Waals surface area contributed by atoms with E-state index in [9.17, 15) is 25.2 Å². The summed E-state index contributed by atoms with van der Waals surface area (Å²) in [4.78, 5) is 11.8. The van der Waals surface area contributed by atoms with Crippen molar-refractivity contribution in [2.24, 2.45) is 0 Å². The number of unbranched alkanes of at least 4 members (excludes halogenated alkanes) is 12. The fourth-order valence-electron chi connectivity index (χ4n) is 4.01. The van der Waals surface area contributed by atoms with Gasteiger partial charge in [-0.15, -0.1) is 0 Å². The van der Waals surface area contributed by atoms with E-state index < -0.39 is 43.4 Å². The minimum absolute atomic E-state index is 0.255. The summed E-state index contributed by atoms with van der Waals surface area (Å²) in [6, 6.07) is 0. The minimum Gasteiger partial charge on any atom is -0.463 e. The Morgan fingerprint density at radius 3 is 1.85 bits per heavy atom. The van der Waals surface area contributed by atoms with Crippen LogP contribution in [0.25, 0.3) is 0 Å². The monoisotopic (exact) mass is 492 g/mol. The molecule has 34 heavy (non-hydrogen) atoms. The average Bonchev–Trinajstić information content (AvgIpc) is 2.83. The first kappa shape index (κ1) is 31.2. The SMILES string of the molecule is CCCCCCCCCCCCCCCC(=O)OC[C@@H](O)COC1OC(CO)C(O)C(O)C1O. The van der Waals surface area contributed by atoms with Crippen LogP contribution in [-0.2, 0) is 19.0 Å². The quantitative estimate of drug-likeness (QED) is 0.127. The van der Waals surface area contributed by atoms with Crippen LogP contribution in [0.15, 0.2) is 0 Å². The molecule has 0 aliphatic carbocycles. The molecule has 5 N–H and O–H groups in total. The predicted molar refractivity (Wildman–Crippen MR) is 127 cm³/mol. The van der Waals surface area contributed by atoms with Crippen LogP contribution in [0.3, 0.4) is 0 Å². The fourth-order valence-corrected chi connectivity index (χ4v) is 4.01. The first-order chi connectivity index (χ1) is 16.4. The summed E-state index contributed by atoms with van der Waals surface area (Å²) < 4.78 is 15.5. The molecule has 9 nitrogen and oxygen atoms in total. The van der Waals surface area contributed by atoms with Crippen LogP contribution in [0.1, 0.15) is 96.8 Å². The van der Waals surface area contributed by atoms with E-state index in [4.69, 9.17) is 19.3 Å². The van der Waals surface area contributed by atoms with Crippen LogP contribution in [0.2, 0.25) is 0 Å². The molecule has 0 aromatic rings. The third-order valence-corrected chi connectivity index (χ3v) is 6.22. The van der Waals surface area contributed by atoms with Crippen molar-refractivity contribution >= 4 is 5.97 Å². The molecule has 0 spiro atoms. The van der Waals surface area contributed by atoms with Gasteiger partial charge in [0.15, 0.2) is 6.29 Å². The van der Waals surface area contributed by atoms with Crippen LogP contribution in [-0.4, -0.2) is 88.1 Å². The number of rotatable bonds is 20. The van der Waals surface area contributed by atoms with Gasteiger partial charge < -0.3 is 39.7 Å². The highest BCUT2D eigenvalue weighted by molar-refractivity contribution is 5.69. The molecule has 1 aliphatic rings. The molecule has 1 heterocycles. The third-order valence-electron chi connectivity index (χ3n) is 6.22. The van der Waals surface area contributed by atoms with Gasteiger partial charge in [0.1, 0.15) is 37.1 Å². The van der Waals surface area contributed by atoms with Crippen LogP contribution in [0, 0.1) is 0 Å². The summed E-state index contributed by atoms with van der Waals surface area (Å²) in [6.45, 7) is 1.11. The largest absolute Gasteiger partial charge is 0.463 e. The van der Waals surface area contributed by atoms with Crippen molar-refractivity contribution < 1.29 is 44.5 Å². The Morgan fingerprint density at radius 2 is 1.32 bits per heavy atom. The molecule has 1 rings (SSSR count). The number of ether oxygens (including phenoxy) is 3. The molecular weight excluding hydrogens is 444 g/mol. The van der Waals surface area contributed by atoms with Gasteiger partial charge in [-0.05, 0) is 6.42 Å². The van der Waals surface area contributed by atoms with Crippen molar-refractivity contribution in [3.63, 3.8) is 0 Å². The van der Waals surface area contributed by atoms with Crippen molar-refractivity contribution in [2.45, 2.75) is 134 Å². The Kier molecular flexibility index (Phi) is 17.8. The van der Waals surface area contributed by atoms with E-state index in [1.54, 1.807) is 0 Å². The van der Waals surface area contributed by atoms with E-state index in [0.717, 1.165) is 19.3 Å². The van der Waals surface area contributed by atoms with Crippen molar-refractivity contribution in [1.29, 1.82) is 0 Å². The van der Waals surface area contributed by atoms with Crippen LogP contribution in [0.4, 0.5) is 0 Å². The smallest absolute Gasteiger partial charge is 0.305 e. The summed E-state index contributed by atoms with van der Waals surface area (Å²) in [7, 11) is 0. The van der Waals surface area contributed by atoms with E-state index in [2.05, 4.69) is 6.92 Å². The van der Waals surface area contributed by atoms with Crippen molar-refractivity contribution in [2.75, 3.05) is 19.8 Å². The third kappa shape index (κ3) is 13.3. The van der Waals surface area contributed by atoms with E-state index >= 15 is 0 Å². The molecule has 6 atom stereocenters. The molecular formula is C25H48O9. The fraction of sp³-hybridized carbons (Fsp3) is 0.960. The van der Waals surface area contributed by atoms with Gasteiger partial charge in [0.05, 0.1) is 13.2 Å². The molecule has 0 aromatic carbocycles. The maximum absolute atomic E-state index is 11.8. The van der Waals surface area contributed by atoms with Crippen molar-refractivity contribution in [3.05, 3.63) is 0 Å². The Morgan fingerprint density at radius 1 is 0.794 bits per heavy atom. The van der Waals surface area contributed by atoms with Gasteiger partial charge in [0.2, 0.25) is 0 Å². The lowest BCUT2D eigenvalue weighted by atomic mass is 9.99. The van der Waals surface area contributed by atoms with Gasteiger partial charge in [0.25, 0.3) is 0 Å². The van der Waals surface area contributed by atoms with Gasteiger partial charge in [-0.25, -0.2) is 0 Å². The molecule has 1 saturated heterocycles. The molecule has 202 valence electrons. The number of hydrogen-bond donors (Lipinski definition) is 5. The zero-order chi connectivity index (χ0) is 25.2. The number of carbonyl (C=O) groups is 1. The average molecular weight is 493 g/mol. The first-order valence-electron chi connectivity index (χ1n) is 13.2. The molecule has 1 fully saturated rings. The van der Waals surface area contributed by atoms with Crippen LogP contribution in [0.5, 0.6) is 0 Å². The normalized spacial score (nSPS) is 25.9. The number of esters is 1. The van der Waals surface area contributed by atoms with E-state index in [0.29, 0.717) is 6.42 Å². The molecule has 0 aromatic heterocycles. The lowest BCUT2D eigenvalue weighted by Crippen LogP contribution is -2.59. The van der Waals surface area contributed by atoms with E-state index in [-0.39, 0.29) is 19.2 Å². The maximum Gasteiger partial charge on any atom is 0.305 e. The summed E-state index contributed by atoms with van der Waals surface area (Å²) in [5.74, 6) is -0.380. The first-order valence-corrected chi connectivity index (χ1v) is 13.2. The van der Waals surface area contributed by atoms with Crippen molar-refractivity contribution in [1.82, 2.24) is 0 Å². The standard InChI is InChI=1S/C25H48O9/c1-2-3-4-5-6-7-8-9-10-11-12-13-14-15-21(28)32-17-19(27)18-33-25-24(31)23(30)22(29)20(16-26)34-25/h19-20,22-27,29-31H,2-18H2,1H3/t19-,20?,22?,23?,24?,25?/m1/s1. The second-order valence-electron chi connectivity index (χ2n) is 9.36. The Labute approximate surface area is 204 Å². The second-order valence-corrected chi connectivity index (χ2v) is 9.36. The number of aliphatic hydroxyl groups is 5. The highest BCUT2D eigenvalue weighted by Gasteiger charge is 2.44. The Hall–Kier alpha value is -0.810. The molecule has 9 heteroatoms. The van der Waals surface area contributed by atoms with Gasteiger partial charge in [-0.1, -0.05) is 84.0 Å². The van der Waals surface area contributed by atoms with Gasteiger partial charge >= 0.3 is 5.97 Å². The van der Waals surface area contributed by atoms with Crippen molar-refractivity contribution in [3.8, 4) is 0 Å². The lowest BCUT2D eigenvalue weighted by molar-refractivity contribution is -0.305. The molecule has 5 unspecified atom stereocenters. The lowest BCUT2D eigenvalue weighted by Gasteiger charge is -2.39. The highest BCUT2D eigenvalue weighted by atomic mass is 16.7. The summed E-state index contributed by atoms with van der Waals surface area (Å²) >= 11 is 0. The van der Waals surface area contributed by atoms with Gasteiger partial charge in [-0.2, -0.15) is 0 Å². The van der Waals surface area contributed by atoms with Crippen LogP contribution < -0.4 is 0 Å². The molecule has 0 saturated carbocycles. The van der Waals surface area contributed by atoms with E-state index in [1.165, 1.54) is 64.2 Å². The number of hydrogen-bond acceptors (Lipinski definition) is 9. The Balaban J connectivity index is 1.99. The zero-order valence-corrected chi connectivity index (χ0v) is 20.9. The maximum atomic E-state index is 11.8. The molecule has 1 aliphatic heterocycles. The minimum atomic E-state index is -1.55. The van der Waals surface area contributed by atoms with E-state index in [1.807, 2.05) is 0 Å². The van der Waals surface area contributed by atoms with Crippen LogP contribution >= 0.6 is 0 Å². The summed E-state index contributed by atoms with van der Waals surface area (Å²) in [6.07, 6.45) is 8.18. The zero-order valence-electron chi connectivity index (χ0n) is 20.9. The molecule has 0 amide bonds. The summed E-state index contributed by atoms with van der Waals surface area (Å²) in [5.41, 5.74) is 0.